The lowest BCUT2D eigenvalue weighted by Gasteiger charge is -2.24. The van der Waals surface area contributed by atoms with Gasteiger partial charge in [-0.3, -0.25) is 14.5 Å². The Hall–Kier alpha value is -3.53. The minimum atomic E-state index is -0.647. The first-order valence-corrected chi connectivity index (χ1v) is 12.4. The van der Waals surface area contributed by atoms with Crippen LogP contribution in [0.3, 0.4) is 0 Å². The molecule has 0 aromatic carbocycles. The van der Waals surface area contributed by atoms with Crippen LogP contribution >= 0.6 is 0 Å². The van der Waals surface area contributed by atoms with Gasteiger partial charge in [0.1, 0.15) is 29.6 Å². The van der Waals surface area contributed by atoms with Crippen molar-refractivity contribution >= 4 is 28.7 Å². The molecule has 0 N–H and O–H groups in total. The van der Waals surface area contributed by atoms with Gasteiger partial charge in [-0.15, -0.1) is 0 Å². The lowest BCUT2D eigenvalue weighted by molar-refractivity contribution is -0.153. The zero-order valence-corrected chi connectivity index (χ0v) is 20.8. The van der Waals surface area contributed by atoms with Gasteiger partial charge in [0.05, 0.1) is 18.1 Å². The van der Waals surface area contributed by atoms with Crippen molar-refractivity contribution in [3.63, 3.8) is 0 Å². The molecule has 2 aliphatic heterocycles. The van der Waals surface area contributed by atoms with Crippen molar-refractivity contribution in [2.24, 2.45) is 0 Å². The zero-order valence-electron chi connectivity index (χ0n) is 20.8. The van der Waals surface area contributed by atoms with E-state index in [1.54, 1.807) is 39.2 Å². The molecule has 36 heavy (non-hydrogen) atoms. The Labute approximate surface area is 209 Å². The third kappa shape index (κ3) is 5.33. The lowest BCUT2D eigenvalue weighted by Crippen LogP contribution is -2.40. The molecule has 0 radical (unpaired) electrons. The normalized spacial score (nSPS) is 20.6. The molecule has 2 aliphatic rings. The standard InChI is InChI=1S/C26H31N5O5/c1-26(2,3)36-24(33)16-30-22(32)14-18(13-17-7-6-11-27-25(17)30)35-21-10-9-20-19(29-21)15-28-31(20)23-8-4-5-12-34-23/h6-7,9-11,15,18,23H,4-5,8,12-14,16H2,1-3H3. The van der Waals surface area contributed by atoms with E-state index < -0.39 is 17.7 Å². The fourth-order valence-corrected chi connectivity index (χ4v) is 4.62. The van der Waals surface area contributed by atoms with E-state index in [0.717, 1.165) is 36.9 Å². The quantitative estimate of drug-likeness (QED) is 0.496. The summed E-state index contributed by atoms with van der Waals surface area (Å²) in [7, 11) is 0. The average molecular weight is 494 g/mol. The molecule has 0 saturated carbocycles. The molecule has 5 rings (SSSR count). The fourth-order valence-electron chi connectivity index (χ4n) is 4.62. The van der Waals surface area contributed by atoms with Gasteiger partial charge in [-0.05, 0) is 57.7 Å². The van der Waals surface area contributed by atoms with Crippen LogP contribution in [0.1, 0.15) is 58.2 Å². The van der Waals surface area contributed by atoms with E-state index in [1.807, 2.05) is 22.9 Å². The number of amides is 1. The molecule has 10 heteroatoms. The molecule has 3 aromatic rings. The predicted molar refractivity (Wildman–Crippen MR) is 132 cm³/mol. The van der Waals surface area contributed by atoms with Crippen LogP contribution in [0.4, 0.5) is 5.82 Å². The highest BCUT2D eigenvalue weighted by Gasteiger charge is 2.32. The summed E-state index contributed by atoms with van der Waals surface area (Å²) in [5, 5.41) is 4.49. The molecular formula is C26H31N5O5. The number of fused-ring (bicyclic) bond motifs is 2. The fraction of sp³-hybridized carbons (Fsp3) is 0.500. The second kappa shape index (κ2) is 9.85. The summed E-state index contributed by atoms with van der Waals surface area (Å²) in [5.74, 6) is 0.122. The van der Waals surface area contributed by atoms with Gasteiger partial charge in [-0.2, -0.15) is 5.10 Å². The van der Waals surface area contributed by atoms with Crippen LogP contribution in [0, 0.1) is 0 Å². The molecule has 1 amide bonds. The SMILES string of the molecule is CC(C)(C)OC(=O)CN1C(=O)CC(Oc2ccc3c(cnn3C3CCCCO3)n2)Cc2cccnc21. The number of hydrogen-bond acceptors (Lipinski definition) is 8. The lowest BCUT2D eigenvalue weighted by atomic mass is 10.1. The molecule has 3 aromatic heterocycles. The average Bonchev–Trinajstić information content (AvgIpc) is 3.20. The minimum Gasteiger partial charge on any atom is -0.473 e. The molecule has 5 heterocycles. The van der Waals surface area contributed by atoms with Gasteiger partial charge in [0.15, 0.2) is 6.23 Å². The van der Waals surface area contributed by atoms with Gasteiger partial charge >= 0.3 is 5.97 Å². The van der Waals surface area contributed by atoms with Crippen LogP contribution in [0.5, 0.6) is 5.88 Å². The molecule has 2 unspecified atom stereocenters. The van der Waals surface area contributed by atoms with Gasteiger partial charge in [-0.25, -0.2) is 14.6 Å². The van der Waals surface area contributed by atoms with Crippen molar-refractivity contribution in [2.75, 3.05) is 18.1 Å². The summed E-state index contributed by atoms with van der Waals surface area (Å²) >= 11 is 0. The summed E-state index contributed by atoms with van der Waals surface area (Å²) in [6.07, 6.45) is 6.40. The number of rotatable bonds is 5. The third-order valence-corrected chi connectivity index (χ3v) is 6.13. The number of ether oxygens (including phenoxy) is 3. The van der Waals surface area contributed by atoms with Crippen molar-refractivity contribution in [1.29, 1.82) is 0 Å². The first kappa shape index (κ1) is 24.2. The van der Waals surface area contributed by atoms with Crippen molar-refractivity contribution in [1.82, 2.24) is 19.7 Å². The highest BCUT2D eigenvalue weighted by atomic mass is 16.6. The number of carbonyl (C=O) groups is 2. The van der Waals surface area contributed by atoms with E-state index in [-0.39, 0.29) is 25.1 Å². The van der Waals surface area contributed by atoms with Crippen molar-refractivity contribution in [3.05, 3.63) is 42.2 Å². The summed E-state index contributed by atoms with van der Waals surface area (Å²) in [6.45, 7) is 5.90. The van der Waals surface area contributed by atoms with Crippen LogP contribution in [0.15, 0.2) is 36.7 Å². The van der Waals surface area contributed by atoms with Gasteiger partial charge in [-0.1, -0.05) is 6.07 Å². The Morgan fingerprint density at radius 1 is 1.19 bits per heavy atom. The van der Waals surface area contributed by atoms with E-state index in [9.17, 15) is 9.59 Å². The highest BCUT2D eigenvalue weighted by Crippen LogP contribution is 2.29. The van der Waals surface area contributed by atoms with Gasteiger partial charge in [0, 0.05) is 25.3 Å². The molecule has 1 fully saturated rings. The van der Waals surface area contributed by atoms with Gasteiger partial charge < -0.3 is 14.2 Å². The summed E-state index contributed by atoms with van der Waals surface area (Å²) < 4.78 is 19.4. The molecular weight excluding hydrogens is 462 g/mol. The van der Waals surface area contributed by atoms with Crippen LogP contribution in [0.2, 0.25) is 0 Å². The van der Waals surface area contributed by atoms with E-state index in [2.05, 4.69) is 15.1 Å². The number of aromatic nitrogens is 4. The molecule has 0 bridgehead atoms. The third-order valence-electron chi connectivity index (χ3n) is 6.13. The summed E-state index contributed by atoms with van der Waals surface area (Å²) in [6, 6.07) is 7.42. The van der Waals surface area contributed by atoms with Crippen LogP contribution in [0.25, 0.3) is 11.0 Å². The predicted octanol–water partition coefficient (Wildman–Crippen LogP) is 3.59. The molecule has 1 saturated heterocycles. The Morgan fingerprint density at radius 3 is 2.83 bits per heavy atom. The van der Waals surface area contributed by atoms with E-state index in [0.29, 0.717) is 23.6 Å². The number of nitrogens with zero attached hydrogens (tertiary/aromatic N) is 5. The van der Waals surface area contributed by atoms with Gasteiger partial charge in [0.25, 0.3) is 0 Å². The molecule has 2 atom stereocenters. The summed E-state index contributed by atoms with van der Waals surface area (Å²) in [4.78, 5) is 36.1. The zero-order chi connectivity index (χ0) is 25.3. The number of esters is 1. The monoisotopic (exact) mass is 493 g/mol. The first-order chi connectivity index (χ1) is 17.3. The Kier molecular flexibility index (Phi) is 6.61. The first-order valence-electron chi connectivity index (χ1n) is 12.4. The van der Waals surface area contributed by atoms with Crippen LogP contribution in [-0.2, 0) is 25.5 Å². The smallest absolute Gasteiger partial charge is 0.326 e. The van der Waals surface area contributed by atoms with Gasteiger partial charge in [0.2, 0.25) is 11.8 Å². The van der Waals surface area contributed by atoms with Crippen LogP contribution < -0.4 is 9.64 Å². The van der Waals surface area contributed by atoms with E-state index in [1.165, 1.54) is 4.90 Å². The topological polar surface area (TPSA) is 109 Å². The molecule has 10 nitrogen and oxygen atoms in total. The molecule has 190 valence electrons. The maximum absolute atomic E-state index is 13.2. The van der Waals surface area contributed by atoms with Crippen molar-refractivity contribution < 1.29 is 23.8 Å². The van der Waals surface area contributed by atoms with E-state index >= 15 is 0 Å². The largest absolute Gasteiger partial charge is 0.473 e. The molecule has 0 spiro atoms. The second-order valence-electron chi connectivity index (χ2n) is 10.2. The number of hydrogen-bond donors (Lipinski definition) is 0. The Bertz CT molecular complexity index is 1260. The number of anilines is 1. The Balaban J connectivity index is 1.34. The van der Waals surface area contributed by atoms with Crippen molar-refractivity contribution in [2.45, 2.75) is 70.8 Å². The van der Waals surface area contributed by atoms with Crippen LogP contribution in [-0.4, -0.2) is 56.5 Å². The summed E-state index contributed by atoms with van der Waals surface area (Å²) in [5.41, 5.74) is 1.76. The number of pyridine rings is 2. The minimum absolute atomic E-state index is 0.0774. The Morgan fingerprint density at radius 2 is 2.06 bits per heavy atom. The van der Waals surface area contributed by atoms with E-state index in [4.69, 9.17) is 14.2 Å². The molecule has 0 aliphatic carbocycles. The maximum atomic E-state index is 13.2. The van der Waals surface area contributed by atoms with Crippen molar-refractivity contribution in [3.8, 4) is 5.88 Å². The second-order valence-corrected chi connectivity index (χ2v) is 10.2. The highest BCUT2D eigenvalue weighted by molar-refractivity contribution is 5.98. The number of carbonyl (C=O) groups excluding carboxylic acids is 2. The maximum Gasteiger partial charge on any atom is 0.326 e.